The minimum Gasteiger partial charge on any atom is -0.373 e. The van der Waals surface area contributed by atoms with Gasteiger partial charge in [-0.15, -0.1) is 0 Å². The van der Waals surface area contributed by atoms with Gasteiger partial charge in [-0.2, -0.15) is 0 Å². The predicted molar refractivity (Wildman–Crippen MR) is 90.5 cm³/mol. The molecule has 116 valence electrons. The monoisotopic (exact) mass is 306 g/mol. The third-order valence-electron chi connectivity index (χ3n) is 4.30. The van der Waals surface area contributed by atoms with Gasteiger partial charge < -0.3 is 10.6 Å². The molecule has 1 saturated carbocycles. The standard InChI is InChI=1S/C17H18N6/c1-18-16-8-15(20-10-21-16)11-6-12(7-11)22-17-9-19-13-4-2-3-5-14(13)23-17/h2-5,8-12H,6-7H2,1H3,(H,22,23)(H,18,20,21). The third-order valence-corrected chi connectivity index (χ3v) is 4.30. The quantitative estimate of drug-likeness (QED) is 0.772. The molecule has 2 heterocycles. The Morgan fingerprint density at radius 3 is 2.65 bits per heavy atom. The van der Waals surface area contributed by atoms with Crippen LogP contribution in [0, 0.1) is 0 Å². The van der Waals surface area contributed by atoms with Crippen LogP contribution in [0.4, 0.5) is 11.6 Å². The Morgan fingerprint density at radius 1 is 1.00 bits per heavy atom. The topological polar surface area (TPSA) is 75.6 Å². The second kappa shape index (κ2) is 5.79. The number of rotatable bonds is 4. The lowest BCUT2D eigenvalue weighted by molar-refractivity contribution is 0.366. The molecule has 23 heavy (non-hydrogen) atoms. The minimum absolute atomic E-state index is 0.420. The number of nitrogens with zero attached hydrogens (tertiary/aromatic N) is 4. The van der Waals surface area contributed by atoms with Crippen molar-refractivity contribution in [1.82, 2.24) is 19.9 Å². The van der Waals surface area contributed by atoms with E-state index in [0.29, 0.717) is 12.0 Å². The second-order valence-electron chi connectivity index (χ2n) is 5.83. The summed E-state index contributed by atoms with van der Waals surface area (Å²) in [5.74, 6) is 2.19. The van der Waals surface area contributed by atoms with Crippen LogP contribution in [0.2, 0.25) is 0 Å². The molecule has 0 radical (unpaired) electrons. The van der Waals surface area contributed by atoms with Crippen molar-refractivity contribution in [3.8, 4) is 0 Å². The molecule has 0 unspecified atom stereocenters. The van der Waals surface area contributed by atoms with Gasteiger partial charge in [-0.05, 0) is 25.0 Å². The number of aromatic nitrogens is 4. The van der Waals surface area contributed by atoms with Crippen molar-refractivity contribution < 1.29 is 0 Å². The number of nitrogens with one attached hydrogen (secondary N) is 2. The molecule has 1 fully saturated rings. The van der Waals surface area contributed by atoms with Gasteiger partial charge in [-0.3, -0.25) is 4.98 Å². The van der Waals surface area contributed by atoms with Gasteiger partial charge in [0.25, 0.3) is 0 Å². The predicted octanol–water partition coefficient (Wildman–Crippen LogP) is 2.82. The van der Waals surface area contributed by atoms with E-state index in [-0.39, 0.29) is 0 Å². The number of hydrogen-bond donors (Lipinski definition) is 2. The van der Waals surface area contributed by atoms with Gasteiger partial charge >= 0.3 is 0 Å². The smallest absolute Gasteiger partial charge is 0.145 e. The molecule has 1 aliphatic rings. The fourth-order valence-corrected chi connectivity index (χ4v) is 2.95. The van der Waals surface area contributed by atoms with E-state index in [2.05, 4.69) is 30.6 Å². The van der Waals surface area contributed by atoms with Gasteiger partial charge in [0.15, 0.2) is 0 Å². The van der Waals surface area contributed by atoms with Crippen LogP contribution in [0.25, 0.3) is 11.0 Å². The Labute approximate surface area is 134 Å². The molecule has 2 N–H and O–H groups in total. The van der Waals surface area contributed by atoms with Crippen LogP contribution < -0.4 is 10.6 Å². The molecule has 1 aromatic carbocycles. The van der Waals surface area contributed by atoms with Crippen molar-refractivity contribution in [3.63, 3.8) is 0 Å². The number of anilines is 2. The molecule has 0 amide bonds. The van der Waals surface area contributed by atoms with E-state index in [1.165, 1.54) is 0 Å². The number of hydrogen-bond acceptors (Lipinski definition) is 6. The average Bonchev–Trinajstić information content (AvgIpc) is 2.57. The Kier molecular flexibility index (Phi) is 3.49. The van der Waals surface area contributed by atoms with Crippen LogP contribution >= 0.6 is 0 Å². The average molecular weight is 306 g/mol. The molecule has 3 aromatic rings. The summed E-state index contributed by atoms with van der Waals surface area (Å²) in [6.07, 6.45) is 5.53. The van der Waals surface area contributed by atoms with Gasteiger partial charge in [-0.1, -0.05) is 12.1 Å². The zero-order chi connectivity index (χ0) is 15.6. The first kappa shape index (κ1) is 13.9. The summed E-state index contributed by atoms with van der Waals surface area (Å²) in [6, 6.07) is 10.4. The van der Waals surface area contributed by atoms with Crippen LogP contribution in [-0.2, 0) is 0 Å². The molecular formula is C17H18N6. The summed E-state index contributed by atoms with van der Waals surface area (Å²) in [6.45, 7) is 0. The Bertz CT molecular complexity index is 828. The minimum atomic E-state index is 0.420. The van der Waals surface area contributed by atoms with E-state index in [1.54, 1.807) is 12.5 Å². The first-order chi connectivity index (χ1) is 11.3. The molecule has 6 heteroatoms. The molecule has 2 aromatic heterocycles. The van der Waals surface area contributed by atoms with Gasteiger partial charge in [0, 0.05) is 30.8 Å². The summed E-state index contributed by atoms with van der Waals surface area (Å²) in [4.78, 5) is 17.6. The van der Waals surface area contributed by atoms with Gasteiger partial charge in [-0.25, -0.2) is 15.0 Å². The van der Waals surface area contributed by atoms with Crippen LogP contribution in [0.3, 0.4) is 0 Å². The van der Waals surface area contributed by atoms with E-state index in [9.17, 15) is 0 Å². The van der Waals surface area contributed by atoms with Crippen molar-refractivity contribution in [2.24, 2.45) is 0 Å². The van der Waals surface area contributed by atoms with Crippen molar-refractivity contribution in [3.05, 3.63) is 48.5 Å². The fourth-order valence-electron chi connectivity index (χ4n) is 2.95. The van der Waals surface area contributed by atoms with Crippen molar-refractivity contribution in [1.29, 1.82) is 0 Å². The second-order valence-corrected chi connectivity index (χ2v) is 5.83. The Hall–Kier alpha value is -2.76. The molecule has 0 atom stereocenters. The van der Waals surface area contributed by atoms with Crippen molar-refractivity contribution in [2.45, 2.75) is 24.8 Å². The highest BCUT2D eigenvalue weighted by Gasteiger charge is 2.31. The maximum absolute atomic E-state index is 4.61. The van der Waals surface area contributed by atoms with Crippen LogP contribution in [-0.4, -0.2) is 33.0 Å². The third kappa shape index (κ3) is 2.79. The first-order valence-corrected chi connectivity index (χ1v) is 7.80. The molecule has 0 aliphatic heterocycles. The summed E-state index contributed by atoms with van der Waals surface area (Å²) >= 11 is 0. The zero-order valence-corrected chi connectivity index (χ0v) is 12.9. The van der Waals surface area contributed by atoms with E-state index >= 15 is 0 Å². The molecule has 1 aliphatic carbocycles. The number of para-hydroxylation sites is 2. The lowest BCUT2D eigenvalue weighted by Gasteiger charge is -2.35. The van der Waals surface area contributed by atoms with Crippen LogP contribution in [0.15, 0.2) is 42.9 Å². The maximum Gasteiger partial charge on any atom is 0.145 e. The van der Waals surface area contributed by atoms with E-state index in [4.69, 9.17) is 0 Å². The highest BCUT2D eigenvalue weighted by Crippen LogP contribution is 2.37. The summed E-state index contributed by atoms with van der Waals surface area (Å²) in [7, 11) is 1.87. The van der Waals surface area contributed by atoms with Crippen LogP contribution in [0.1, 0.15) is 24.5 Å². The maximum atomic E-state index is 4.61. The summed E-state index contributed by atoms with van der Waals surface area (Å²) < 4.78 is 0. The summed E-state index contributed by atoms with van der Waals surface area (Å²) in [5, 5.41) is 6.52. The van der Waals surface area contributed by atoms with E-state index < -0.39 is 0 Å². The molecule has 4 rings (SSSR count). The molecule has 0 spiro atoms. The Morgan fingerprint density at radius 2 is 1.83 bits per heavy atom. The van der Waals surface area contributed by atoms with Gasteiger partial charge in [0.2, 0.25) is 0 Å². The molecular weight excluding hydrogens is 288 g/mol. The molecule has 0 bridgehead atoms. The first-order valence-electron chi connectivity index (χ1n) is 7.80. The van der Waals surface area contributed by atoms with Crippen LogP contribution in [0.5, 0.6) is 0 Å². The number of benzene rings is 1. The highest BCUT2D eigenvalue weighted by molar-refractivity contribution is 5.75. The number of fused-ring (bicyclic) bond motifs is 1. The van der Waals surface area contributed by atoms with Crippen molar-refractivity contribution in [2.75, 3.05) is 17.7 Å². The fraction of sp³-hybridized carbons (Fsp3) is 0.294. The van der Waals surface area contributed by atoms with Gasteiger partial charge in [0.05, 0.1) is 17.2 Å². The molecule has 6 nitrogen and oxygen atoms in total. The Balaban J connectivity index is 1.41. The highest BCUT2D eigenvalue weighted by atomic mass is 15.1. The van der Waals surface area contributed by atoms with Crippen molar-refractivity contribution >= 4 is 22.7 Å². The lowest BCUT2D eigenvalue weighted by atomic mass is 9.78. The normalized spacial score (nSPS) is 20.0. The largest absolute Gasteiger partial charge is 0.373 e. The lowest BCUT2D eigenvalue weighted by Crippen LogP contribution is -2.34. The zero-order valence-electron chi connectivity index (χ0n) is 12.9. The van der Waals surface area contributed by atoms with Gasteiger partial charge in [0.1, 0.15) is 18.0 Å². The summed E-state index contributed by atoms with van der Waals surface area (Å²) in [5.41, 5.74) is 2.94. The van der Waals surface area contributed by atoms with E-state index in [1.807, 2.05) is 37.4 Å². The van der Waals surface area contributed by atoms with E-state index in [0.717, 1.165) is 41.2 Å². The molecule has 0 saturated heterocycles. The SMILES string of the molecule is CNc1cc(C2CC(Nc3cnc4ccccc4n3)C2)ncn1.